The van der Waals surface area contributed by atoms with Crippen molar-refractivity contribution in [2.24, 2.45) is 0 Å². The van der Waals surface area contributed by atoms with E-state index in [1.807, 2.05) is 25.2 Å². The van der Waals surface area contributed by atoms with Crippen molar-refractivity contribution in [3.05, 3.63) is 47.1 Å². The average molecular weight is 238 g/mol. The molecule has 0 spiro atoms. The quantitative estimate of drug-likeness (QED) is 0.819. The van der Waals surface area contributed by atoms with Crippen LogP contribution in [0, 0.1) is 0 Å². The molecule has 0 N–H and O–H groups in total. The third-order valence-electron chi connectivity index (χ3n) is 2.12. The number of hydrogen-bond acceptors (Lipinski definition) is 4. The molecular formula is C11H12ClN3O. The first-order chi connectivity index (χ1) is 7.74. The maximum Gasteiger partial charge on any atom is 0.151 e. The van der Waals surface area contributed by atoms with Crippen molar-refractivity contribution in [2.45, 2.75) is 13.1 Å². The molecule has 0 fully saturated rings. The summed E-state index contributed by atoms with van der Waals surface area (Å²) in [6, 6.07) is 7.44. The molecule has 0 unspecified atom stereocenters. The third kappa shape index (κ3) is 3.05. The summed E-state index contributed by atoms with van der Waals surface area (Å²) < 4.78 is 5.26. The summed E-state index contributed by atoms with van der Waals surface area (Å²) in [5.41, 5.74) is 0.887. The molecule has 0 amide bonds. The lowest BCUT2D eigenvalue weighted by Gasteiger charge is -2.13. The van der Waals surface area contributed by atoms with Crippen LogP contribution in [0.25, 0.3) is 0 Å². The third-order valence-corrected chi connectivity index (χ3v) is 2.33. The van der Waals surface area contributed by atoms with Crippen LogP contribution in [-0.4, -0.2) is 22.1 Å². The summed E-state index contributed by atoms with van der Waals surface area (Å²) in [7, 11) is 2.00. The van der Waals surface area contributed by atoms with Crippen molar-refractivity contribution in [1.29, 1.82) is 0 Å². The zero-order valence-corrected chi connectivity index (χ0v) is 9.68. The number of rotatable bonds is 4. The second-order valence-electron chi connectivity index (χ2n) is 3.60. The van der Waals surface area contributed by atoms with Crippen LogP contribution in [0.2, 0.25) is 5.15 Å². The number of hydrogen-bond donors (Lipinski definition) is 0. The Morgan fingerprint density at radius 2 is 2.12 bits per heavy atom. The van der Waals surface area contributed by atoms with Gasteiger partial charge in [0.2, 0.25) is 0 Å². The van der Waals surface area contributed by atoms with E-state index in [1.54, 1.807) is 12.3 Å². The number of furan rings is 1. The molecule has 84 valence electrons. The van der Waals surface area contributed by atoms with E-state index < -0.39 is 0 Å². The van der Waals surface area contributed by atoms with Gasteiger partial charge in [-0.1, -0.05) is 11.6 Å². The Kier molecular flexibility index (Phi) is 3.54. The minimum absolute atomic E-state index is 0.414. The summed E-state index contributed by atoms with van der Waals surface area (Å²) in [6.45, 7) is 1.46. The monoisotopic (exact) mass is 237 g/mol. The standard InChI is InChI=1S/C11H12ClN3O/c1-15(8-10-3-2-6-16-10)7-9-4-5-11(12)14-13-9/h2-6H,7-8H2,1H3. The molecule has 0 atom stereocenters. The molecule has 2 aromatic rings. The van der Waals surface area contributed by atoms with Crippen LogP contribution in [0.15, 0.2) is 34.9 Å². The molecule has 4 nitrogen and oxygen atoms in total. The number of halogens is 1. The fourth-order valence-corrected chi connectivity index (χ4v) is 1.53. The van der Waals surface area contributed by atoms with Gasteiger partial charge < -0.3 is 4.42 Å². The lowest BCUT2D eigenvalue weighted by molar-refractivity contribution is 0.284. The molecule has 2 rings (SSSR count). The molecule has 2 aromatic heterocycles. The van der Waals surface area contributed by atoms with Crippen LogP contribution in [0.3, 0.4) is 0 Å². The van der Waals surface area contributed by atoms with E-state index in [9.17, 15) is 0 Å². The van der Waals surface area contributed by atoms with E-state index in [2.05, 4.69) is 15.1 Å². The summed E-state index contributed by atoms with van der Waals surface area (Å²) in [5, 5.41) is 8.20. The molecular weight excluding hydrogens is 226 g/mol. The Hall–Kier alpha value is -1.39. The van der Waals surface area contributed by atoms with Crippen LogP contribution in [-0.2, 0) is 13.1 Å². The predicted octanol–water partition coefficient (Wildman–Crippen LogP) is 2.36. The second kappa shape index (κ2) is 5.09. The summed E-state index contributed by atoms with van der Waals surface area (Å²) in [5.74, 6) is 0.935. The first-order valence-corrected chi connectivity index (χ1v) is 5.31. The Balaban J connectivity index is 1.92. The van der Waals surface area contributed by atoms with Crippen molar-refractivity contribution in [1.82, 2.24) is 15.1 Å². The Morgan fingerprint density at radius 1 is 1.25 bits per heavy atom. The Bertz CT molecular complexity index is 427. The highest BCUT2D eigenvalue weighted by atomic mass is 35.5. The van der Waals surface area contributed by atoms with Crippen LogP contribution in [0.4, 0.5) is 0 Å². The number of nitrogens with zero attached hydrogens (tertiary/aromatic N) is 3. The molecule has 0 bridgehead atoms. The molecule has 0 saturated heterocycles. The highest BCUT2D eigenvalue weighted by Crippen LogP contribution is 2.08. The molecule has 0 aliphatic carbocycles. The highest BCUT2D eigenvalue weighted by Gasteiger charge is 2.04. The SMILES string of the molecule is CN(Cc1ccc(Cl)nn1)Cc1ccco1. The zero-order valence-electron chi connectivity index (χ0n) is 8.93. The van der Waals surface area contributed by atoms with Crippen LogP contribution >= 0.6 is 11.6 Å². The van der Waals surface area contributed by atoms with Gasteiger partial charge in [-0.05, 0) is 31.3 Å². The molecule has 16 heavy (non-hydrogen) atoms. The first-order valence-electron chi connectivity index (χ1n) is 4.93. The largest absolute Gasteiger partial charge is 0.468 e. The zero-order chi connectivity index (χ0) is 11.4. The topological polar surface area (TPSA) is 42.2 Å². The first kappa shape index (κ1) is 11.1. The molecule has 0 aliphatic rings. The minimum Gasteiger partial charge on any atom is -0.468 e. The summed E-state index contributed by atoms with van der Waals surface area (Å²) in [4.78, 5) is 2.09. The fraction of sp³-hybridized carbons (Fsp3) is 0.273. The lowest BCUT2D eigenvalue weighted by atomic mass is 10.3. The van der Waals surface area contributed by atoms with E-state index in [-0.39, 0.29) is 0 Å². The van der Waals surface area contributed by atoms with Gasteiger partial charge in [0, 0.05) is 6.54 Å². The van der Waals surface area contributed by atoms with Gasteiger partial charge in [-0.25, -0.2) is 0 Å². The van der Waals surface area contributed by atoms with Gasteiger partial charge in [-0.3, -0.25) is 4.90 Å². The predicted molar refractivity (Wildman–Crippen MR) is 60.9 cm³/mol. The average Bonchev–Trinajstić information content (AvgIpc) is 2.74. The summed E-state index contributed by atoms with van der Waals surface area (Å²) in [6.07, 6.45) is 1.67. The molecule has 0 aromatic carbocycles. The molecule has 2 heterocycles. The maximum atomic E-state index is 5.66. The van der Waals surface area contributed by atoms with Crippen molar-refractivity contribution in [3.63, 3.8) is 0 Å². The minimum atomic E-state index is 0.414. The fourth-order valence-electron chi connectivity index (χ4n) is 1.43. The van der Waals surface area contributed by atoms with Gasteiger partial charge in [0.05, 0.1) is 18.5 Å². The second-order valence-corrected chi connectivity index (χ2v) is 3.99. The van der Waals surface area contributed by atoms with Gasteiger partial charge in [0.15, 0.2) is 5.15 Å². The number of aromatic nitrogens is 2. The van der Waals surface area contributed by atoms with Gasteiger partial charge in [0.25, 0.3) is 0 Å². The van der Waals surface area contributed by atoms with Gasteiger partial charge in [-0.2, -0.15) is 5.10 Å². The molecule has 5 heteroatoms. The molecule has 0 aliphatic heterocycles. The van der Waals surface area contributed by atoms with Crippen LogP contribution in [0.1, 0.15) is 11.5 Å². The summed E-state index contributed by atoms with van der Waals surface area (Å²) >= 11 is 5.66. The van der Waals surface area contributed by atoms with Gasteiger partial charge >= 0.3 is 0 Å². The van der Waals surface area contributed by atoms with E-state index in [1.165, 1.54) is 0 Å². The van der Waals surface area contributed by atoms with E-state index in [4.69, 9.17) is 16.0 Å². The van der Waals surface area contributed by atoms with E-state index in [0.717, 1.165) is 18.0 Å². The van der Waals surface area contributed by atoms with Gasteiger partial charge in [-0.15, -0.1) is 5.10 Å². The van der Waals surface area contributed by atoms with Gasteiger partial charge in [0.1, 0.15) is 5.76 Å². The van der Waals surface area contributed by atoms with Crippen LogP contribution < -0.4 is 0 Å². The van der Waals surface area contributed by atoms with E-state index in [0.29, 0.717) is 11.7 Å². The van der Waals surface area contributed by atoms with E-state index >= 15 is 0 Å². The molecule has 0 radical (unpaired) electrons. The van der Waals surface area contributed by atoms with Crippen molar-refractivity contribution >= 4 is 11.6 Å². The highest BCUT2D eigenvalue weighted by molar-refractivity contribution is 6.29. The van der Waals surface area contributed by atoms with Crippen LogP contribution in [0.5, 0.6) is 0 Å². The van der Waals surface area contributed by atoms with Crippen molar-refractivity contribution < 1.29 is 4.42 Å². The van der Waals surface area contributed by atoms with Crippen molar-refractivity contribution in [2.75, 3.05) is 7.05 Å². The Labute approximate surface area is 98.8 Å². The Morgan fingerprint density at radius 3 is 2.75 bits per heavy atom. The smallest absolute Gasteiger partial charge is 0.151 e. The maximum absolute atomic E-state index is 5.66. The normalized spacial score (nSPS) is 10.9. The van der Waals surface area contributed by atoms with Crippen molar-refractivity contribution in [3.8, 4) is 0 Å². The lowest BCUT2D eigenvalue weighted by Crippen LogP contribution is -2.17. The molecule has 0 saturated carbocycles.